The highest BCUT2D eigenvalue weighted by Crippen LogP contribution is 2.08. The van der Waals surface area contributed by atoms with E-state index in [1.54, 1.807) is 20.8 Å². The van der Waals surface area contributed by atoms with Crippen LogP contribution in [0.15, 0.2) is 0 Å². The van der Waals surface area contributed by atoms with E-state index in [4.69, 9.17) is 10.5 Å². The van der Waals surface area contributed by atoms with Crippen LogP contribution in [-0.2, 0) is 23.8 Å². The average Bonchev–Trinajstić information content (AvgIpc) is 2.64. The molecule has 0 aliphatic rings. The first-order valence-electron chi connectivity index (χ1n) is 10.4. The van der Waals surface area contributed by atoms with Gasteiger partial charge in [-0.15, -0.1) is 0 Å². The van der Waals surface area contributed by atoms with Crippen LogP contribution in [0.25, 0.3) is 0 Å². The minimum Gasteiger partial charge on any atom is -0.468 e. The van der Waals surface area contributed by atoms with Crippen LogP contribution in [0.2, 0.25) is 0 Å². The van der Waals surface area contributed by atoms with Gasteiger partial charge in [0.05, 0.1) is 14.2 Å². The second kappa shape index (κ2) is 16.7. The van der Waals surface area contributed by atoms with Gasteiger partial charge in [-0.1, -0.05) is 0 Å². The van der Waals surface area contributed by atoms with Gasteiger partial charge >= 0.3 is 18.0 Å². The molecule has 0 saturated heterocycles. The molecule has 0 aromatic heterocycles. The lowest BCUT2D eigenvalue weighted by Crippen LogP contribution is -2.44. The molecule has 0 spiro atoms. The Balaban J connectivity index is 0. The van der Waals surface area contributed by atoms with Gasteiger partial charge in [0.2, 0.25) is 0 Å². The van der Waals surface area contributed by atoms with Gasteiger partial charge in [0.15, 0.2) is 0 Å². The Kier molecular flexibility index (Phi) is 16.9. The van der Waals surface area contributed by atoms with E-state index in [9.17, 15) is 14.4 Å². The van der Waals surface area contributed by atoms with Crippen molar-refractivity contribution in [3.63, 3.8) is 0 Å². The van der Waals surface area contributed by atoms with Crippen LogP contribution >= 0.6 is 0 Å². The molecule has 0 aromatic rings. The molecule has 0 fully saturated rings. The molecule has 0 aliphatic carbocycles. The molecule has 31 heavy (non-hydrogen) atoms. The molecule has 0 aromatic carbocycles. The van der Waals surface area contributed by atoms with Gasteiger partial charge in [-0.25, -0.2) is 9.59 Å². The van der Waals surface area contributed by atoms with E-state index in [-0.39, 0.29) is 5.97 Å². The molecule has 184 valence electrons. The Morgan fingerprint density at radius 1 is 0.871 bits per heavy atom. The predicted molar refractivity (Wildman–Crippen MR) is 121 cm³/mol. The number of nitrogens with two attached hydrogens (primary N) is 1. The summed E-state index contributed by atoms with van der Waals surface area (Å²) < 4.78 is 14.3. The maximum absolute atomic E-state index is 11.6. The highest BCUT2D eigenvalue weighted by molar-refractivity contribution is 5.81. The van der Waals surface area contributed by atoms with Gasteiger partial charge < -0.3 is 35.1 Å². The third-order valence-electron chi connectivity index (χ3n) is 3.90. The number of amides is 1. The lowest BCUT2D eigenvalue weighted by Gasteiger charge is -2.22. The number of esters is 2. The van der Waals surface area contributed by atoms with Gasteiger partial charge in [-0.05, 0) is 87.7 Å². The Morgan fingerprint density at radius 2 is 1.32 bits per heavy atom. The number of hydrogen-bond acceptors (Lipinski definition) is 9. The first kappa shape index (κ1) is 31.3. The quantitative estimate of drug-likeness (QED) is 0.355. The van der Waals surface area contributed by atoms with Gasteiger partial charge in [0.1, 0.15) is 17.7 Å². The van der Waals surface area contributed by atoms with Crippen LogP contribution in [-0.4, -0.2) is 101 Å². The zero-order valence-electron chi connectivity index (χ0n) is 20.8. The van der Waals surface area contributed by atoms with Gasteiger partial charge in [-0.2, -0.15) is 0 Å². The first-order chi connectivity index (χ1) is 14.2. The monoisotopic (exact) mass is 448 g/mol. The summed E-state index contributed by atoms with van der Waals surface area (Å²) in [6.07, 6.45) is 2.30. The second-order valence-electron chi connectivity index (χ2n) is 8.74. The van der Waals surface area contributed by atoms with E-state index >= 15 is 0 Å². The van der Waals surface area contributed by atoms with Crippen LogP contribution in [0, 0.1) is 0 Å². The normalized spacial score (nSPS) is 13.0. The van der Waals surface area contributed by atoms with Gasteiger partial charge in [-0.3, -0.25) is 4.79 Å². The third kappa shape index (κ3) is 19.8. The fourth-order valence-corrected chi connectivity index (χ4v) is 2.35. The zero-order chi connectivity index (χ0) is 24.6. The lowest BCUT2D eigenvalue weighted by atomic mass is 10.1. The molecule has 10 heteroatoms. The van der Waals surface area contributed by atoms with Crippen LogP contribution in [0.1, 0.15) is 46.5 Å². The van der Waals surface area contributed by atoms with Crippen molar-refractivity contribution >= 4 is 18.0 Å². The smallest absolute Gasteiger partial charge is 0.408 e. The number of methoxy groups -OCH3 is 2. The fourth-order valence-electron chi connectivity index (χ4n) is 2.35. The topological polar surface area (TPSA) is 123 Å². The molecule has 1 amide bonds. The number of rotatable bonds is 11. The van der Waals surface area contributed by atoms with Crippen molar-refractivity contribution < 1.29 is 28.6 Å². The molecule has 0 bridgehead atoms. The summed E-state index contributed by atoms with van der Waals surface area (Å²) in [7, 11) is 10.5. The molecule has 10 nitrogen and oxygen atoms in total. The largest absolute Gasteiger partial charge is 0.468 e. The summed E-state index contributed by atoms with van der Waals surface area (Å²) in [6.45, 7) is 7.09. The second-order valence-corrected chi connectivity index (χ2v) is 8.74. The molecular formula is C21H44N4O6. The van der Waals surface area contributed by atoms with Crippen LogP contribution in [0.4, 0.5) is 4.79 Å². The molecule has 0 unspecified atom stereocenters. The van der Waals surface area contributed by atoms with Gasteiger partial charge in [0.25, 0.3) is 0 Å². The standard InChI is InChI=1S/C13H26N2O4.C8H18N2O2/c1-13(2,3)19-12(17)14-10(11(16)18-6)8-7-9-15(4)5;1-10(2)6-4-5-7(9)8(11)12-3/h10H,7-9H2,1-6H3,(H,14,17);7H,4-6,9H2,1-3H3/t10-;7-/m00/s1. The molecule has 3 N–H and O–H groups in total. The van der Waals surface area contributed by atoms with E-state index in [0.717, 1.165) is 25.9 Å². The highest BCUT2D eigenvalue weighted by atomic mass is 16.6. The van der Waals surface area contributed by atoms with Crippen LogP contribution < -0.4 is 11.1 Å². The summed E-state index contributed by atoms with van der Waals surface area (Å²) in [5.41, 5.74) is 4.93. The molecule has 2 atom stereocenters. The zero-order valence-corrected chi connectivity index (χ0v) is 20.8. The summed E-state index contributed by atoms with van der Waals surface area (Å²) in [5.74, 6) is -0.779. The average molecular weight is 449 g/mol. The van der Waals surface area contributed by atoms with Crippen molar-refractivity contribution in [2.45, 2.75) is 64.1 Å². The Morgan fingerprint density at radius 3 is 1.71 bits per heavy atom. The number of nitrogens with zero attached hydrogens (tertiary/aromatic N) is 2. The minimum absolute atomic E-state index is 0.325. The Hall–Kier alpha value is -1.91. The van der Waals surface area contributed by atoms with Crippen molar-refractivity contribution in [1.82, 2.24) is 15.1 Å². The van der Waals surface area contributed by atoms with E-state index < -0.39 is 29.7 Å². The number of alkyl carbamates (subject to hydrolysis) is 1. The van der Waals surface area contributed by atoms with Crippen molar-refractivity contribution in [2.75, 3.05) is 55.5 Å². The maximum atomic E-state index is 11.6. The Bertz CT molecular complexity index is 520. The number of nitrogens with one attached hydrogen (secondary N) is 1. The molecule has 0 aliphatic heterocycles. The van der Waals surface area contributed by atoms with E-state index in [0.29, 0.717) is 12.8 Å². The maximum Gasteiger partial charge on any atom is 0.408 e. The predicted octanol–water partition coefficient (Wildman–Crippen LogP) is 1.22. The molecule has 0 radical (unpaired) electrons. The molecule has 0 saturated carbocycles. The van der Waals surface area contributed by atoms with E-state index in [1.165, 1.54) is 14.2 Å². The van der Waals surface area contributed by atoms with Crippen molar-refractivity contribution in [3.05, 3.63) is 0 Å². The van der Waals surface area contributed by atoms with E-state index in [1.807, 2.05) is 33.1 Å². The molecular weight excluding hydrogens is 404 g/mol. The SMILES string of the molecule is COC(=O)[C@@H](N)CCCN(C)C.COC(=O)[C@H](CCCN(C)C)NC(=O)OC(C)(C)C. The minimum atomic E-state index is -0.667. The first-order valence-corrected chi connectivity index (χ1v) is 10.4. The van der Waals surface area contributed by atoms with Gasteiger partial charge in [0, 0.05) is 0 Å². The third-order valence-corrected chi connectivity index (χ3v) is 3.90. The highest BCUT2D eigenvalue weighted by Gasteiger charge is 2.24. The van der Waals surface area contributed by atoms with Crippen LogP contribution in [0.5, 0.6) is 0 Å². The Labute approximate surface area is 187 Å². The molecule has 0 rings (SSSR count). The van der Waals surface area contributed by atoms with E-state index in [2.05, 4.69) is 19.7 Å². The summed E-state index contributed by atoms with van der Waals surface area (Å²) in [4.78, 5) is 38.1. The number of ether oxygens (including phenoxy) is 3. The number of carbonyl (C=O) groups is 3. The summed E-state index contributed by atoms with van der Waals surface area (Å²) >= 11 is 0. The summed E-state index contributed by atoms with van der Waals surface area (Å²) in [6, 6.07) is -1.13. The van der Waals surface area contributed by atoms with Crippen molar-refractivity contribution in [1.29, 1.82) is 0 Å². The summed E-state index contributed by atoms with van der Waals surface area (Å²) in [5, 5.41) is 2.54. The number of carbonyl (C=O) groups excluding carboxylic acids is 3. The fraction of sp³-hybridized carbons (Fsp3) is 0.857. The van der Waals surface area contributed by atoms with Crippen molar-refractivity contribution in [2.24, 2.45) is 5.73 Å². The lowest BCUT2D eigenvalue weighted by molar-refractivity contribution is -0.143. The van der Waals surface area contributed by atoms with Crippen LogP contribution in [0.3, 0.4) is 0 Å². The molecule has 0 heterocycles. The van der Waals surface area contributed by atoms with Crippen molar-refractivity contribution in [3.8, 4) is 0 Å². The number of hydrogen-bond donors (Lipinski definition) is 2.